The molecular formula is C19H32NO2+. The largest absolute Gasteiger partial charge is 0.342 e. The van der Waals surface area contributed by atoms with Gasteiger partial charge in [-0.1, -0.05) is 64.1 Å². The molecule has 0 saturated carbocycles. The minimum absolute atomic E-state index is 0.289. The predicted octanol–water partition coefficient (Wildman–Crippen LogP) is 5.21. The molecule has 3 nitrogen and oxygen atoms in total. The highest BCUT2D eigenvalue weighted by atomic mass is 16.8. The van der Waals surface area contributed by atoms with Crippen LogP contribution >= 0.6 is 0 Å². The van der Waals surface area contributed by atoms with Gasteiger partial charge < -0.3 is 5.73 Å². The minimum atomic E-state index is 0.289. The molecule has 0 radical (unpaired) electrons. The molecule has 3 heteroatoms. The van der Waals surface area contributed by atoms with Gasteiger partial charge in [-0.3, -0.25) is 0 Å². The smallest absolute Gasteiger partial charge is 0.330 e. The number of benzene rings is 1. The fourth-order valence-electron chi connectivity index (χ4n) is 1.77. The maximum atomic E-state index is 9.26. The van der Waals surface area contributed by atoms with Gasteiger partial charge in [0.2, 0.25) is 4.96 Å². The van der Waals surface area contributed by atoms with E-state index >= 15 is 0 Å². The fourth-order valence-corrected chi connectivity index (χ4v) is 1.77. The minimum Gasteiger partial charge on any atom is -0.330 e. The lowest BCUT2D eigenvalue weighted by Crippen LogP contribution is -1.98. The molecule has 22 heavy (non-hydrogen) atoms. The number of allylic oxidation sites excluding steroid dienone is 1. The molecule has 0 heterocycles. The predicted molar refractivity (Wildman–Crippen MR) is 98.9 cm³/mol. The van der Waals surface area contributed by atoms with E-state index in [9.17, 15) is 4.96 Å². The van der Waals surface area contributed by atoms with Gasteiger partial charge in [0.25, 0.3) is 0 Å². The second kappa shape index (κ2) is 13.2. The van der Waals surface area contributed by atoms with E-state index in [1.165, 1.54) is 11.1 Å². The Labute approximate surface area is 135 Å². The third-order valence-corrected chi connectivity index (χ3v) is 3.20. The Morgan fingerprint density at radius 3 is 2.18 bits per heavy atom. The molecule has 0 fully saturated rings. The van der Waals surface area contributed by atoms with E-state index in [2.05, 4.69) is 68.7 Å². The Morgan fingerprint density at radius 1 is 1.09 bits per heavy atom. The first-order valence-corrected chi connectivity index (χ1v) is 8.22. The molecule has 0 spiro atoms. The molecule has 0 atom stereocenters. The van der Waals surface area contributed by atoms with Gasteiger partial charge >= 0.3 is 6.61 Å². The van der Waals surface area contributed by atoms with Crippen LogP contribution in [0, 0.1) is 15.5 Å². The van der Waals surface area contributed by atoms with Crippen molar-refractivity contribution in [3.05, 3.63) is 51.0 Å². The van der Waals surface area contributed by atoms with Crippen LogP contribution in [-0.2, 0) is 0 Å². The maximum absolute atomic E-state index is 9.26. The molecule has 124 valence electrons. The van der Waals surface area contributed by atoms with Gasteiger partial charge in [-0.05, 0) is 42.3 Å². The van der Waals surface area contributed by atoms with Crippen molar-refractivity contribution in [2.24, 2.45) is 11.7 Å². The summed E-state index contributed by atoms with van der Waals surface area (Å²) in [5.41, 5.74) is 7.83. The van der Waals surface area contributed by atoms with Gasteiger partial charge in [-0.25, -0.2) is 0 Å². The SMILES string of the molecule is CC(C)C/C=C/c1ccc(C(C)C)cc1.NCCCC[O+]=O. The first-order valence-electron chi connectivity index (χ1n) is 8.22. The van der Waals surface area contributed by atoms with Crippen molar-refractivity contribution in [1.82, 2.24) is 0 Å². The van der Waals surface area contributed by atoms with Gasteiger partial charge in [0.15, 0.2) is 0 Å². The van der Waals surface area contributed by atoms with E-state index in [0.717, 1.165) is 25.2 Å². The first-order chi connectivity index (χ1) is 10.5. The maximum Gasteiger partial charge on any atom is 0.342 e. The van der Waals surface area contributed by atoms with Crippen molar-refractivity contribution in [1.29, 1.82) is 0 Å². The van der Waals surface area contributed by atoms with Crippen molar-refractivity contribution in [2.75, 3.05) is 13.2 Å². The Morgan fingerprint density at radius 2 is 1.73 bits per heavy atom. The van der Waals surface area contributed by atoms with Crippen LogP contribution in [0.3, 0.4) is 0 Å². The Hall–Kier alpha value is -1.48. The van der Waals surface area contributed by atoms with Gasteiger partial charge in [-0.2, -0.15) is 0 Å². The van der Waals surface area contributed by atoms with Gasteiger partial charge in [-0.15, -0.1) is 0 Å². The Bertz CT molecular complexity index is 408. The molecule has 2 N–H and O–H groups in total. The molecular weight excluding hydrogens is 274 g/mol. The highest BCUT2D eigenvalue weighted by Gasteiger charge is 1.97. The summed E-state index contributed by atoms with van der Waals surface area (Å²) in [5.74, 6) is 1.37. The van der Waals surface area contributed by atoms with E-state index in [1.807, 2.05) is 0 Å². The van der Waals surface area contributed by atoms with Crippen LogP contribution < -0.4 is 5.73 Å². The van der Waals surface area contributed by atoms with E-state index in [-0.39, 0.29) is 6.61 Å². The third kappa shape index (κ3) is 11.2. The molecule has 1 rings (SSSR count). The molecule has 1 aromatic rings. The number of hydrogen-bond acceptors (Lipinski definition) is 2. The Kier molecular flexibility index (Phi) is 12.3. The molecule has 0 aromatic heterocycles. The topological polar surface area (TPSA) is 54.4 Å². The lowest BCUT2D eigenvalue weighted by atomic mass is 10.0. The van der Waals surface area contributed by atoms with Crippen LogP contribution in [-0.4, -0.2) is 13.2 Å². The zero-order valence-corrected chi connectivity index (χ0v) is 14.5. The lowest BCUT2D eigenvalue weighted by Gasteiger charge is -2.04. The first kappa shape index (κ1) is 20.5. The van der Waals surface area contributed by atoms with Gasteiger partial charge in [0.1, 0.15) is 0 Å². The summed E-state index contributed by atoms with van der Waals surface area (Å²) in [4.78, 5) is 9.26. The molecule has 0 aliphatic carbocycles. The lowest BCUT2D eigenvalue weighted by molar-refractivity contribution is 0.665. The number of unbranched alkanes of at least 4 members (excludes halogenated alkanes) is 1. The van der Waals surface area contributed by atoms with Gasteiger partial charge in [0, 0.05) is 11.0 Å². The fraction of sp³-hybridized carbons (Fsp3) is 0.579. The van der Waals surface area contributed by atoms with E-state index in [0.29, 0.717) is 12.5 Å². The van der Waals surface area contributed by atoms with Crippen LogP contribution in [0.1, 0.15) is 64.0 Å². The van der Waals surface area contributed by atoms with Crippen molar-refractivity contribution in [3.63, 3.8) is 0 Å². The number of rotatable bonds is 8. The summed E-state index contributed by atoms with van der Waals surface area (Å²) in [6.07, 6.45) is 7.29. The van der Waals surface area contributed by atoms with Gasteiger partial charge in [0.05, 0.1) is 0 Å². The van der Waals surface area contributed by atoms with Crippen LogP contribution in [0.15, 0.2) is 30.3 Å². The molecule has 0 saturated heterocycles. The number of nitrogens with two attached hydrogens (primary N) is 1. The standard InChI is InChI=1S/C15H22.C4H10NO2/c1-12(2)6-5-7-14-8-10-15(11-9-14)13(3)4;5-3-1-2-4-7-6/h5,7-13H,6H2,1-4H3;1-5H2/q;+1/b7-5+;. The monoisotopic (exact) mass is 306 g/mol. The molecule has 0 aliphatic rings. The summed E-state index contributed by atoms with van der Waals surface area (Å²) >= 11 is 0. The normalized spacial score (nSPS) is 10.9. The van der Waals surface area contributed by atoms with Crippen molar-refractivity contribution in [2.45, 2.75) is 52.9 Å². The third-order valence-electron chi connectivity index (χ3n) is 3.20. The van der Waals surface area contributed by atoms with E-state index < -0.39 is 0 Å². The van der Waals surface area contributed by atoms with Crippen LogP contribution in [0.2, 0.25) is 0 Å². The van der Waals surface area contributed by atoms with Crippen molar-refractivity contribution in [3.8, 4) is 0 Å². The summed E-state index contributed by atoms with van der Waals surface area (Å²) < 4.78 is 3.54. The summed E-state index contributed by atoms with van der Waals surface area (Å²) in [7, 11) is 0. The quantitative estimate of drug-likeness (QED) is 0.529. The Balaban J connectivity index is 0.000000534. The van der Waals surface area contributed by atoms with Crippen LogP contribution in [0.5, 0.6) is 0 Å². The molecule has 0 unspecified atom stereocenters. The highest BCUT2D eigenvalue weighted by molar-refractivity contribution is 5.49. The van der Waals surface area contributed by atoms with E-state index in [1.54, 1.807) is 0 Å². The van der Waals surface area contributed by atoms with Crippen molar-refractivity contribution < 1.29 is 0 Å². The zero-order valence-electron chi connectivity index (χ0n) is 14.5. The highest BCUT2D eigenvalue weighted by Crippen LogP contribution is 2.15. The van der Waals surface area contributed by atoms with Crippen LogP contribution in [0.25, 0.3) is 6.08 Å². The zero-order chi connectivity index (χ0) is 16.8. The number of hydrogen-bond donors (Lipinski definition) is 1. The summed E-state index contributed by atoms with van der Waals surface area (Å²) in [5, 5.41) is 0. The molecule has 0 aliphatic heterocycles. The second-order valence-electron chi connectivity index (χ2n) is 6.17. The van der Waals surface area contributed by atoms with Crippen LogP contribution in [0.4, 0.5) is 0 Å². The summed E-state index contributed by atoms with van der Waals surface area (Å²) in [6, 6.07) is 8.84. The van der Waals surface area contributed by atoms with E-state index in [4.69, 9.17) is 5.73 Å². The average Bonchev–Trinajstić information content (AvgIpc) is 2.48. The van der Waals surface area contributed by atoms with Crippen molar-refractivity contribution >= 4 is 6.08 Å². The molecule has 0 amide bonds. The second-order valence-corrected chi connectivity index (χ2v) is 6.17. The molecule has 0 bridgehead atoms. The molecule has 1 aromatic carbocycles. The average molecular weight is 306 g/mol. The summed E-state index contributed by atoms with van der Waals surface area (Å²) in [6.45, 7) is 9.87.